The predicted molar refractivity (Wildman–Crippen MR) is 423 cm³/mol. The highest BCUT2D eigenvalue weighted by atomic mass is 16.3. The second kappa shape index (κ2) is 23.8. The molecule has 12 aromatic carbocycles. The lowest BCUT2D eigenvalue weighted by atomic mass is 9.64. The summed E-state index contributed by atoms with van der Waals surface area (Å²) in [5, 5.41) is 21.7. The fraction of sp³-hybridized carbons (Fsp3) is 0.0103. The van der Waals surface area contributed by atoms with Crippen molar-refractivity contribution in [2.24, 2.45) is 0 Å². The first-order valence-electron chi connectivity index (χ1n) is 35.1. The second-order valence-electron chi connectivity index (χ2n) is 27.4. The molecule has 0 radical (unpaired) electrons. The minimum atomic E-state index is -0.869. The highest BCUT2D eigenvalue weighted by Gasteiger charge is 2.40. The van der Waals surface area contributed by atoms with Crippen LogP contribution in [0.2, 0.25) is 0 Å². The third kappa shape index (κ3) is 9.86. The third-order valence-electron chi connectivity index (χ3n) is 21.7. The van der Waals surface area contributed by atoms with Gasteiger partial charge in [0.05, 0.1) is 5.41 Å². The number of phenolic OH excluding ortho intramolecular Hbond substituents is 2. The van der Waals surface area contributed by atoms with E-state index in [1.165, 1.54) is 55.7 Å². The molecule has 0 unspecified atom stereocenters. The fourth-order valence-corrected chi connectivity index (χ4v) is 16.8. The largest absolute Gasteiger partial charge is 0.508 e. The van der Waals surface area contributed by atoms with Gasteiger partial charge < -0.3 is 30.1 Å². The van der Waals surface area contributed by atoms with Crippen LogP contribution in [0.25, 0.3) is 136 Å². The van der Waals surface area contributed by atoms with Crippen molar-refractivity contribution >= 4 is 46.6 Å². The first-order valence-corrected chi connectivity index (χ1v) is 35.1. The summed E-state index contributed by atoms with van der Waals surface area (Å²) >= 11 is 0. The monoisotopic (exact) mass is 1320 g/mol. The van der Waals surface area contributed by atoms with Crippen molar-refractivity contribution in [3.8, 4) is 101 Å². The molecule has 4 aromatic heterocycles. The maximum Gasteiger partial charge on any atom is 0.116 e. The molecule has 20 rings (SSSR count). The lowest BCUT2D eigenvalue weighted by Crippen LogP contribution is -2.31. The number of nitrogens with one attached hydrogen (secondary N) is 4. The van der Waals surface area contributed by atoms with Gasteiger partial charge in [-0.05, 0) is 299 Å². The summed E-state index contributed by atoms with van der Waals surface area (Å²) < 4.78 is 0. The Kier molecular flexibility index (Phi) is 13.7. The molecule has 0 spiro atoms. The van der Waals surface area contributed by atoms with Crippen molar-refractivity contribution in [2.45, 2.75) is 5.41 Å². The molecule has 0 bridgehead atoms. The van der Waals surface area contributed by atoms with E-state index < -0.39 is 5.41 Å². The number of fused-ring (bicyclic) bond motifs is 12. The van der Waals surface area contributed by atoms with Crippen molar-refractivity contribution in [1.29, 1.82) is 0 Å². The normalized spacial score (nSPS) is 14.4. The Morgan fingerprint density at radius 2 is 0.417 bits per heavy atom. The summed E-state index contributed by atoms with van der Waals surface area (Å²) in [4.78, 5) is 13.6. The standard InChI is InChI=1S/C97H64N4O2/c102-75-37-43-85-83-41-27-65(51-89(83)93(95(85)57-75)55-73-11-7-47-100-73)61-21-33-69(34-22-61)97(67-29-17-59(18-30-67)63-25-39-81-77-13-1-3-15-79(77)91(87(81)49-63)53-71-9-5-45-98-71,68-31-19-60(20-32-68)64-26-40-82-78-14-2-4-16-80(78)92(88(82)50-64)54-72-10-6-46-99-72)70-35-23-62(24-36-70)66-28-42-84-86-44-38-76(103)58-96(86)94(90(84)52-66)56-74-12-8-48-101-74/h1-58,98-103H/b91-53+,92-54+,93-55-,94-56-. The molecular weight excluding hydrogens is 1250 g/mol. The number of H-pyrrole nitrogens is 4. The van der Waals surface area contributed by atoms with Crippen molar-refractivity contribution < 1.29 is 10.2 Å². The third-order valence-corrected chi connectivity index (χ3v) is 21.7. The van der Waals surface area contributed by atoms with E-state index in [4.69, 9.17) is 0 Å². The Morgan fingerprint density at radius 3 is 0.680 bits per heavy atom. The molecule has 0 aliphatic heterocycles. The molecular formula is C97H64N4O2. The van der Waals surface area contributed by atoms with Gasteiger partial charge in [0, 0.05) is 47.6 Å². The van der Waals surface area contributed by atoms with Crippen LogP contribution in [-0.4, -0.2) is 30.1 Å². The zero-order valence-corrected chi connectivity index (χ0v) is 55.9. The van der Waals surface area contributed by atoms with Gasteiger partial charge >= 0.3 is 0 Å². The Balaban J connectivity index is 0.756. The van der Waals surface area contributed by atoms with Crippen molar-refractivity contribution in [2.75, 3.05) is 0 Å². The van der Waals surface area contributed by atoms with Gasteiger partial charge in [-0.1, -0.05) is 206 Å². The van der Waals surface area contributed by atoms with Gasteiger partial charge in [0.1, 0.15) is 11.5 Å². The summed E-state index contributed by atoms with van der Waals surface area (Å²) in [6.45, 7) is 0. The van der Waals surface area contributed by atoms with Gasteiger partial charge in [0.25, 0.3) is 0 Å². The topological polar surface area (TPSA) is 104 Å². The highest BCUT2D eigenvalue weighted by Crippen LogP contribution is 2.54. The lowest BCUT2D eigenvalue weighted by molar-refractivity contribution is 0.474. The Bertz CT molecular complexity index is 5800. The summed E-state index contributed by atoms with van der Waals surface area (Å²) in [5.74, 6) is 0.479. The first-order chi connectivity index (χ1) is 50.8. The molecule has 0 saturated carbocycles. The van der Waals surface area contributed by atoms with Crippen LogP contribution in [0.15, 0.2) is 328 Å². The van der Waals surface area contributed by atoms with E-state index in [2.05, 4.69) is 299 Å². The quantitative estimate of drug-likeness (QED) is 0.0686. The molecule has 0 saturated heterocycles. The van der Waals surface area contributed by atoms with Crippen LogP contribution in [-0.2, 0) is 5.41 Å². The van der Waals surface area contributed by atoms with Crippen LogP contribution >= 0.6 is 0 Å². The van der Waals surface area contributed by atoms with E-state index in [1.54, 1.807) is 12.1 Å². The van der Waals surface area contributed by atoms with Crippen molar-refractivity contribution in [1.82, 2.24) is 19.9 Å². The van der Waals surface area contributed by atoms with Crippen LogP contribution in [0.5, 0.6) is 11.5 Å². The number of hydrogen-bond donors (Lipinski definition) is 6. The molecule has 4 aliphatic rings. The molecule has 484 valence electrons. The summed E-state index contributed by atoms with van der Waals surface area (Å²) in [6.07, 6.45) is 16.8. The van der Waals surface area contributed by atoms with E-state index in [1.807, 2.05) is 61.2 Å². The Hall–Kier alpha value is -13.7. The molecule has 4 aliphatic carbocycles. The number of aromatic hydroxyl groups is 2. The number of rotatable bonds is 12. The van der Waals surface area contributed by atoms with Gasteiger partial charge in [-0.3, -0.25) is 0 Å². The zero-order valence-electron chi connectivity index (χ0n) is 55.9. The molecule has 103 heavy (non-hydrogen) atoms. The minimum absolute atomic E-state index is 0.240. The summed E-state index contributed by atoms with van der Waals surface area (Å²) in [5.41, 5.74) is 39.7. The molecule has 6 N–H and O–H groups in total. The summed E-state index contributed by atoms with van der Waals surface area (Å²) in [7, 11) is 0. The van der Waals surface area contributed by atoms with E-state index in [9.17, 15) is 10.2 Å². The lowest BCUT2D eigenvalue weighted by Gasteiger charge is -2.37. The first kappa shape index (κ1) is 59.4. The molecule has 6 nitrogen and oxygen atoms in total. The van der Waals surface area contributed by atoms with Crippen LogP contribution in [0.4, 0.5) is 0 Å². The van der Waals surface area contributed by atoms with Crippen molar-refractivity contribution in [3.05, 3.63) is 418 Å². The van der Waals surface area contributed by atoms with E-state index in [-0.39, 0.29) is 11.5 Å². The van der Waals surface area contributed by atoms with Gasteiger partial charge in [0.15, 0.2) is 0 Å². The molecule has 0 atom stereocenters. The van der Waals surface area contributed by atoms with Gasteiger partial charge in [0.2, 0.25) is 0 Å². The average molecular weight is 1320 g/mol. The number of aromatic amines is 4. The van der Waals surface area contributed by atoms with E-state index in [0.717, 1.165) is 145 Å². The minimum Gasteiger partial charge on any atom is -0.508 e. The average Bonchev–Trinajstić information content (AvgIpc) is 1.60. The van der Waals surface area contributed by atoms with Crippen LogP contribution in [0.1, 0.15) is 89.5 Å². The van der Waals surface area contributed by atoms with E-state index in [0.29, 0.717) is 0 Å². The Labute approximate surface area is 596 Å². The molecule has 6 heteroatoms. The van der Waals surface area contributed by atoms with E-state index >= 15 is 0 Å². The molecule has 0 amide bonds. The number of phenols is 2. The Morgan fingerprint density at radius 1 is 0.194 bits per heavy atom. The van der Waals surface area contributed by atoms with Crippen LogP contribution in [0, 0.1) is 0 Å². The maximum absolute atomic E-state index is 10.9. The zero-order chi connectivity index (χ0) is 68.3. The highest BCUT2D eigenvalue weighted by molar-refractivity contribution is 6.11. The smallest absolute Gasteiger partial charge is 0.116 e. The van der Waals surface area contributed by atoms with Crippen LogP contribution in [0.3, 0.4) is 0 Å². The van der Waals surface area contributed by atoms with Crippen molar-refractivity contribution in [3.63, 3.8) is 0 Å². The molecule has 16 aromatic rings. The second-order valence-corrected chi connectivity index (χ2v) is 27.4. The van der Waals surface area contributed by atoms with Crippen LogP contribution < -0.4 is 0 Å². The SMILES string of the molecule is Oc1ccc2c(c1)/C(=C\c1ccc[nH]1)c1cc(-c3ccc(C(c4ccc(-c5ccc6c(c5)/C(=C/c5ccc[nH]5)c5cc(O)ccc5-6)cc4)(c4ccc(-c5ccc6c(c5)/C(=C/c5ccc[nH]5)c5ccccc5-6)cc4)c4ccc(-c5ccc6c(c5)/C(=C/c5ccc[nH]5)c5ccccc5-6)cc4)cc3)ccc1-2. The van der Waals surface area contributed by atoms with Gasteiger partial charge in [-0.25, -0.2) is 0 Å². The maximum atomic E-state index is 10.9. The summed E-state index contributed by atoms with van der Waals surface area (Å²) in [6, 6.07) is 110. The van der Waals surface area contributed by atoms with Gasteiger partial charge in [-0.2, -0.15) is 0 Å². The number of hydrogen-bond acceptors (Lipinski definition) is 2. The fourth-order valence-electron chi connectivity index (χ4n) is 16.8. The number of benzene rings is 12. The number of aromatic nitrogens is 4. The molecule has 0 fully saturated rings. The predicted octanol–water partition coefficient (Wildman–Crippen LogP) is 23.7. The van der Waals surface area contributed by atoms with Gasteiger partial charge in [-0.15, -0.1) is 0 Å². The molecule has 4 heterocycles.